The van der Waals surface area contributed by atoms with Crippen LogP contribution in [0.3, 0.4) is 0 Å². The lowest BCUT2D eigenvalue weighted by Gasteiger charge is -2.17. The van der Waals surface area contributed by atoms with E-state index in [-0.39, 0.29) is 6.04 Å². The first kappa shape index (κ1) is 13.6. The molecule has 0 fully saturated rings. The maximum absolute atomic E-state index is 5.61. The molecule has 96 valence electrons. The van der Waals surface area contributed by atoms with Crippen molar-refractivity contribution in [2.45, 2.75) is 26.8 Å². The first-order valence-electron chi connectivity index (χ1n) is 6.07. The summed E-state index contributed by atoms with van der Waals surface area (Å²) in [7, 11) is 0. The van der Waals surface area contributed by atoms with E-state index in [1.54, 1.807) is 0 Å². The fourth-order valence-electron chi connectivity index (χ4n) is 1.48. The molecule has 0 aromatic heterocycles. The Morgan fingerprint density at radius 1 is 1.24 bits per heavy atom. The first-order chi connectivity index (χ1) is 8.21. The summed E-state index contributed by atoms with van der Waals surface area (Å²) in [6.07, 6.45) is 0. The molecular weight excluding hydrogens is 216 g/mol. The predicted octanol–water partition coefficient (Wildman–Crippen LogP) is 2.24. The fourth-order valence-corrected chi connectivity index (χ4v) is 1.48. The van der Waals surface area contributed by atoms with Gasteiger partial charge in [0.05, 0.1) is 18.9 Å². The number of benzene rings is 1. The van der Waals surface area contributed by atoms with E-state index in [0.29, 0.717) is 19.8 Å². The number of hydrogen-bond donors (Lipinski definition) is 2. The summed E-state index contributed by atoms with van der Waals surface area (Å²) in [6, 6.07) is 5.97. The van der Waals surface area contributed by atoms with Crippen molar-refractivity contribution < 1.29 is 9.47 Å². The Hall–Kier alpha value is -1.42. The Morgan fingerprint density at radius 2 is 1.94 bits per heavy atom. The van der Waals surface area contributed by atoms with E-state index < -0.39 is 0 Å². The molecule has 0 bridgehead atoms. The van der Waals surface area contributed by atoms with Crippen LogP contribution in [0.25, 0.3) is 0 Å². The third-order valence-electron chi connectivity index (χ3n) is 2.32. The van der Waals surface area contributed by atoms with Crippen molar-refractivity contribution >= 4 is 5.69 Å². The number of hydrogen-bond acceptors (Lipinski definition) is 4. The van der Waals surface area contributed by atoms with Crippen molar-refractivity contribution in [3.8, 4) is 11.5 Å². The molecule has 0 spiro atoms. The summed E-state index contributed by atoms with van der Waals surface area (Å²) in [5.74, 6) is 1.67. The summed E-state index contributed by atoms with van der Waals surface area (Å²) in [4.78, 5) is 0. The quantitative estimate of drug-likeness (QED) is 0.765. The minimum Gasteiger partial charge on any atom is -0.494 e. The van der Waals surface area contributed by atoms with E-state index in [0.717, 1.165) is 17.2 Å². The topological polar surface area (TPSA) is 56.5 Å². The summed E-state index contributed by atoms with van der Waals surface area (Å²) in [6.45, 7) is 7.83. The largest absolute Gasteiger partial charge is 0.494 e. The molecule has 0 aliphatic carbocycles. The SMILES string of the molecule is CCOc1ccc(OCC)c(NC(C)CN)c1. The minimum atomic E-state index is 0.200. The zero-order valence-corrected chi connectivity index (χ0v) is 10.8. The maximum atomic E-state index is 5.61. The van der Waals surface area contributed by atoms with Gasteiger partial charge >= 0.3 is 0 Å². The van der Waals surface area contributed by atoms with E-state index in [1.807, 2.05) is 39.0 Å². The van der Waals surface area contributed by atoms with Crippen LogP contribution in [-0.2, 0) is 0 Å². The lowest BCUT2D eigenvalue weighted by Crippen LogP contribution is -2.25. The van der Waals surface area contributed by atoms with Gasteiger partial charge in [0.1, 0.15) is 11.5 Å². The van der Waals surface area contributed by atoms with Gasteiger partial charge in [0.2, 0.25) is 0 Å². The highest BCUT2D eigenvalue weighted by atomic mass is 16.5. The number of anilines is 1. The van der Waals surface area contributed by atoms with Gasteiger partial charge in [0.25, 0.3) is 0 Å². The predicted molar refractivity (Wildman–Crippen MR) is 70.9 cm³/mol. The fraction of sp³-hybridized carbons (Fsp3) is 0.538. The second kappa shape index (κ2) is 7.01. The molecule has 1 unspecified atom stereocenters. The van der Waals surface area contributed by atoms with Gasteiger partial charge < -0.3 is 20.5 Å². The van der Waals surface area contributed by atoms with Crippen LogP contribution in [0.15, 0.2) is 18.2 Å². The van der Waals surface area contributed by atoms with Gasteiger partial charge in [-0.3, -0.25) is 0 Å². The van der Waals surface area contributed by atoms with E-state index in [9.17, 15) is 0 Å². The Bertz CT molecular complexity index is 342. The van der Waals surface area contributed by atoms with Crippen molar-refractivity contribution in [2.75, 3.05) is 25.1 Å². The summed E-state index contributed by atoms with van der Waals surface area (Å²) < 4.78 is 11.0. The van der Waals surface area contributed by atoms with Crippen LogP contribution in [0, 0.1) is 0 Å². The van der Waals surface area contributed by atoms with E-state index in [4.69, 9.17) is 15.2 Å². The van der Waals surface area contributed by atoms with Crippen LogP contribution in [-0.4, -0.2) is 25.8 Å². The highest BCUT2D eigenvalue weighted by Crippen LogP contribution is 2.29. The first-order valence-corrected chi connectivity index (χ1v) is 6.07. The zero-order valence-electron chi connectivity index (χ0n) is 10.8. The van der Waals surface area contributed by atoms with Gasteiger partial charge in [-0.05, 0) is 32.9 Å². The molecule has 0 radical (unpaired) electrons. The Labute approximate surface area is 103 Å². The number of ether oxygens (including phenoxy) is 2. The van der Waals surface area contributed by atoms with Crippen molar-refractivity contribution in [2.24, 2.45) is 5.73 Å². The average molecular weight is 238 g/mol. The highest BCUT2D eigenvalue weighted by molar-refractivity contribution is 5.60. The molecule has 0 aliphatic rings. The molecule has 4 heteroatoms. The second-order valence-electron chi connectivity index (χ2n) is 3.81. The molecule has 1 rings (SSSR count). The van der Waals surface area contributed by atoms with E-state index in [2.05, 4.69) is 5.32 Å². The molecule has 0 saturated carbocycles. The van der Waals surface area contributed by atoms with Gasteiger partial charge in [-0.25, -0.2) is 0 Å². The summed E-state index contributed by atoms with van der Waals surface area (Å²) >= 11 is 0. The van der Waals surface area contributed by atoms with Crippen LogP contribution in [0.4, 0.5) is 5.69 Å². The van der Waals surface area contributed by atoms with Gasteiger partial charge in [0, 0.05) is 18.7 Å². The molecule has 0 heterocycles. The van der Waals surface area contributed by atoms with Crippen LogP contribution in [0.2, 0.25) is 0 Å². The lowest BCUT2D eigenvalue weighted by molar-refractivity contribution is 0.331. The number of nitrogens with two attached hydrogens (primary N) is 1. The molecule has 1 aromatic carbocycles. The van der Waals surface area contributed by atoms with Gasteiger partial charge in [-0.2, -0.15) is 0 Å². The number of nitrogens with one attached hydrogen (secondary N) is 1. The van der Waals surface area contributed by atoms with Gasteiger partial charge in [0.15, 0.2) is 0 Å². The van der Waals surface area contributed by atoms with Crippen LogP contribution < -0.4 is 20.5 Å². The molecule has 0 aliphatic heterocycles. The summed E-state index contributed by atoms with van der Waals surface area (Å²) in [5.41, 5.74) is 6.53. The normalized spacial score (nSPS) is 12.0. The molecule has 0 amide bonds. The Balaban J connectivity index is 2.89. The van der Waals surface area contributed by atoms with Crippen molar-refractivity contribution in [1.82, 2.24) is 0 Å². The van der Waals surface area contributed by atoms with Crippen LogP contribution in [0.5, 0.6) is 11.5 Å². The maximum Gasteiger partial charge on any atom is 0.142 e. The monoisotopic (exact) mass is 238 g/mol. The van der Waals surface area contributed by atoms with E-state index in [1.165, 1.54) is 0 Å². The molecule has 1 atom stereocenters. The minimum absolute atomic E-state index is 0.200. The van der Waals surface area contributed by atoms with E-state index >= 15 is 0 Å². The zero-order chi connectivity index (χ0) is 12.7. The second-order valence-corrected chi connectivity index (χ2v) is 3.81. The highest BCUT2D eigenvalue weighted by Gasteiger charge is 2.08. The average Bonchev–Trinajstić information content (AvgIpc) is 2.33. The van der Waals surface area contributed by atoms with Crippen molar-refractivity contribution in [1.29, 1.82) is 0 Å². The van der Waals surface area contributed by atoms with Gasteiger partial charge in [-0.15, -0.1) is 0 Å². The third-order valence-corrected chi connectivity index (χ3v) is 2.32. The standard InChI is InChI=1S/C13H22N2O2/c1-4-16-11-6-7-13(17-5-2)12(8-11)15-10(3)9-14/h6-8,10,15H,4-5,9,14H2,1-3H3. The van der Waals surface area contributed by atoms with Crippen molar-refractivity contribution in [3.05, 3.63) is 18.2 Å². The smallest absolute Gasteiger partial charge is 0.142 e. The van der Waals surface area contributed by atoms with Crippen LogP contribution in [0.1, 0.15) is 20.8 Å². The van der Waals surface area contributed by atoms with Crippen molar-refractivity contribution in [3.63, 3.8) is 0 Å². The summed E-state index contributed by atoms with van der Waals surface area (Å²) in [5, 5.41) is 3.31. The molecule has 17 heavy (non-hydrogen) atoms. The Kier molecular flexibility index (Phi) is 5.63. The van der Waals surface area contributed by atoms with Gasteiger partial charge in [-0.1, -0.05) is 0 Å². The lowest BCUT2D eigenvalue weighted by atomic mass is 10.2. The molecular formula is C13H22N2O2. The Morgan fingerprint density at radius 3 is 2.53 bits per heavy atom. The third kappa shape index (κ3) is 4.15. The molecule has 1 aromatic rings. The van der Waals surface area contributed by atoms with Crippen LogP contribution >= 0.6 is 0 Å². The molecule has 0 saturated heterocycles. The number of rotatable bonds is 7. The molecule has 4 nitrogen and oxygen atoms in total. The molecule has 3 N–H and O–H groups in total.